The number of imidazole rings is 1. The number of thiophene rings is 6. The van der Waals surface area contributed by atoms with E-state index >= 15 is 0 Å². The van der Waals surface area contributed by atoms with Crippen LogP contribution < -0.4 is 0 Å². The van der Waals surface area contributed by atoms with E-state index in [9.17, 15) is 0 Å². The molecule has 0 radical (unpaired) electrons. The van der Waals surface area contributed by atoms with Crippen LogP contribution in [0.15, 0.2) is 419 Å². The van der Waals surface area contributed by atoms with Crippen molar-refractivity contribution in [3.63, 3.8) is 0 Å². The number of hydrogen-bond acceptors (Lipinski definition) is 11. The molecule has 0 fully saturated rings. The van der Waals surface area contributed by atoms with Gasteiger partial charge in [0.25, 0.3) is 0 Å². The average Bonchev–Trinajstić information content (AvgIpc) is 1.53. The maximum absolute atomic E-state index is 5.90. The van der Waals surface area contributed by atoms with Crippen molar-refractivity contribution >= 4 is 320 Å². The molecule has 34 aromatic rings. The van der Waals surface area contributed by atoms with E-state index in [1.165, 1.54) is 181 Å². The van der Waals surface area contributed by atoms with Gasteiger partial charge in [-0.15, -0.1) is 68.0 Å². The van der Waals surface area contributed by atoms with E-state index in [-0.39, 0.29) is 0 Å². The minimum absolute atomic E-state index is 0.614. The molecule has 0 aliphatic heterocycles. The summed E-state index contributed by atoms with van der Waals surface area (Å²) in [6.07, 6.45) is 0. The highest BCUT2D eigenvalue weighted by atomic mass is 32.1. The summed E-state index contributed by atoms with van der Waals surface area (Å²) in [4.78, 5) is 28.4. The molecule has 0 aliphatic carbocycles. The lowest BCUT2D eigenvalue weighted by Gasteiger charge is -2.14. The van der Waals surface area contributed by atoms with Gasteiger partial charge in [-0.25, -0.2) is 24.9 Å². The van der Waals surface area contributed by atoms with E-state index in [1.54, 1.807) is 0 Å². The Kier molecular flexibility index (Phi) is 16.5. The van der Waals surface area contributed by atoms with E-state index in [2.05, 4.69) is 437 Å². The van der Waals surface area contributed by atoms with Crippen molar-refractivity contribution in [3.05, 3.63) is 419 Å². The molecule has 0 aliphatic rings. The maximum Gasteiger partial charge on any atom is 0.235 e. The molecular weight excluding hydrogens is 1890 g/mol. The van der Waals surface area contributed by atoms with E-state index in [4.69, 9.17) is 24.9 Å². The van der Waals surface area contributed by atoms with Crippen LogP contribution in [-0.2, 0) is 0 Å². The van der Waals surface area contributed by atoms with Crippen LogP contribution >= 0.6 is 68.0 Å². The Labute approximate surface area is 853 Å². The second-order valence-electron chi connectivity index (χ2n) is 38.5. The predicted molar refractivity (Wildman–Crippen MR) is 627 cm³/mol. The number of benzene rings is 22. The highest BCUT2D eigenvalue weighted by Gasteiger charge is 2.33. The molecule has 9 nitrogen and oxygen atoms in total. The number of hydrogen-bond donors (Lipinski definition) is 0. The van der Waals surface area contributed by atoms with Crippen molar-refractivity contribution in [2.45, 2.75) is 0 Å². The Bertz CT molecular complexity index is 11900. The largest absolute Gasteiger partial charge is 0.309 e. The van der Waals surface area contributed by atoms with Gasteiger partial charge in [-0.3, -0.25) is 13.7 Å². The van der Waals surface area contributed by atoms with Crippen LogP contribution in [0.2, 0.25) is 0 Å². The number of nitrogens with zero attached hydrogens (tertiary/aromatic N) is 9. The van der Waals surface area contributed by atoms with Crippen molar-refractivity contribution in [3.8, 4) is 79.4 Å². The van der Waals surface area contributed by atoms with Gasteiger partial charge in [0.15, 0.2) is 0 Å². The fourth-order valence-corrected chi connectivity index (χ4v) is 32.0. The van der Waals surface area contributed by atoms with Crippen LogP contribution in [0.25, 0.3) is 331 Å². The van der Waals surface area contributed by atoms with Crippen LogP contribution in [0.1, 0.15) is 0 Å². The van der Waals surface area contributed by atoms with Crippen molar-refractivity contribution in [1.82, 2.24) is 43.2 Å². The number of aromatic nitrogens is 9. The van der Waals surface area contributed by atoms with Gasteiger partial charge in [-0.05, 0) is 144 Å². The lowest BCUT2D eigenvalue weighted by Crippen LogP contribution is -2.03. The van der Waals surface area contributed by atoms with Gasteiger partial charge in [-0.2, -0.15) is 0 Å². The molecular formula is C131H69N9S6. The van der Waals surface area contributed by atoms with Crippen molar-refractivity contribution < 1.29 is 0 Å². The first-order chi connectivity index (χ1) is 72.4. The molecule has 0 spiro atoms. The lowest BCUT2D eigenvalue weighted by atomic mass is 9.95. The van der Waals surface area contributed by atoms with E-state index < -0.39 is 0 Å². The van der Waals surface area contributed by atoms with Gasteiger partial charge >= 0.3 is 0 Å². The van der Waals surface area contributed by atoms with Crippen LogP contribution in [-0.4, -0.2) is 43.2 Å². The molecule has 34 rings (SSSR count). The Balaban J connectivity index is 0.522. The van der Waals surface area contributed by atoms with Gasteiger partial charge < -0.3 is 4.57 Å². The van der Waals surface area contributed by atoms with E-state index in [1.807, 2.05) is 68.0 Å². The summed E-state index contributed by atoms with van der Waals surface area (Å²) in [5.74, 6) is 2.13. The minimum atomic E-state index is 0.614. The van der Waals surface area contributed by atoms with Gasteiger partial charge in [0.1, 0.15) is 5.82 Å². The third-order valence-electron chi connectivity index (χ3n) is 30.9. The molecule has 0 saturated carbocycles. The quantitative estimate of drug-likeness (QED) is 0.144. The Morgan fingerprint density at radius 1 is 0.158 bits per heavy atom. The summed E-state index contributed by atoms with van der Waals surface area (Å²) < 4.78 is 24.8. The summed E-state index contributed by atoms with van der Waals surface area (Å²) in [7, 11) is 0. The van der Waals surface area contributed by atoms with Crippen LogP contribution in [0, 0.1) is 0 Å². The van der Waals surface area contributed by atoms with E-state index in [0.717, 1.165) is 139 Å². The molecule has 0 unspecified atom stereocenters. The highest BCUT2D eigenvalue weighted by molar-refractivity contribution is 7.29. The molecule has 0 amide bonds. The Morgan fingerprint density at radius 2 is 0.500 bits per heavy atom. The smallest absolute Gasteiger partial charge is 0.235 e. The van der Waals surface area contributed by atoms with E-state index in [0.29, 0.717) is 11.9 Å². The third kappa shape index (κ3) is 11.1. The standard InChI is InChI=1S/C131H69N9S6/c1-3-26-71(27-4-1)121-79-32-7-16-41-93(79)133-130(135-121)139-97-44-19-10-35-82(97)119-124(139)91-60-64-105-110(85-38-13-22-47-101(85)142-105)113(91)116-88-57-54-74(68-107(88)145-127(116)119)70-50-52-72(53-51-70)122-80-33-8-17-42-94(80)134-131(136-122)140-98-45-20-11-36-83(98)120-125(140)92-61-65-106-111(86-39-14-23-48-102(86)143-106)114(92)117-89-58-55-75(69-108(89)146-128(117)120)73-56-62-95-99(67-73)138(77-29-5-2-6-30-77)129(132-95)76-28-25-31-78(66-76)137-96-43-18-9-34-81(96)118-123(137)90-59-63-104-109(84-37-12-21-46-100(84)141-104)112(90)115-87-40-15-24-49-103(87)144-126(115)118/h1-69H. The fourth-order valence-electron chi connectivity index (χ4n) is 24.8. The van der Waals surface area contributed by atoms with Crippen molar-refractivity contribution in [1.29, 1.82) is 0 Å². The first-order valence-electron chi connectivity index (χ1n) is 49.2. The second kappa shape index (κ2) is 30.1. The fraction of sp³-hybridized carbons (Fsp3) is 0. The molecule has 0 N–H and O–H groups in total. The summed E-state index contributed by atoms with van der Waals surface area (Å²) in [6.45, 7) is 0. The second-order valence-corrected chi connectivity index (χ2v) is 44.9. The maximum atomic E-state index is 5.90. The van der Waals surface area contributed by atoms with Gasteiger partial charge in [0.05, 0.1) is 66.6 Å². The van der Waals surface area contributed by atoms with Gasteiger partial charge in [0.2, 0.25) is 11.9 Å². The normalized spacial score (nSPS) is 12.5. The van der Waals surface area contributed by atoms with Crippen LogP contribution in [0.5, 0.6) is 0 Å². The van der Waals surface area contributed by atoms with Gasteiger partial charge in [0, 0.05) is 225 Å². The molecule has 146 heavy (non-hydrogen) atoms. The minimum Gasteiger partial charge on any atom is -0.309 e. The number of para-hydroxylation sites is 6. The molecule has 22 aromatic carbocycles. The Hall–Kier alpha value is -17.5. The molecule has 12 heterocycles. The lowest BCUT2D eigenvalue weighted by molar-refractivity contribution is 1.02. The zero-order chi connectivity index (χ0) is 94.7. The molecule has 0 saturated heterocycles. The highest BCUT2D eigenvalue weighted by Crippen LogP contribution is 2.58. The topological polar surface area (TPSA) is 84.2 Å². The first kappa shape index (κ1) is 80.1. The monoisotopic (exact) mass is 1960 g/mol. The molecule has 674 valence electrons. The molecule has 12 aromatic heterocycles. The zero-order valence-electron chi connectivity index (χ0n) is 77.3. The zero-order valence-corrected chi connectivity index (χ0v) is 82.2. The van der Waals surface area contributed by atoms with Crippen molar-refractivity contribution in [2.24, 2.45) is 0 Å². The Morgan fingerprint density at radius 3 is 0.993 bits per heavy atom. The van der Waals surface area contributed by atoms with Crippen LogP contribution in [0.4, 0.5) is 0 Å². The van der Waals surface area contributed by atoms with Crippen LogP contribution in [0.3, 0.4) is 0 Å². The average molecular weight is 1960 g/mol. The van der Waals surface area contributed by atoms with Crippen molar-refractivity contribution in [2.75, 3.05) is 0 Å². The molecule has 15 heteroatoms. The summed E-state index contributed by atoms with van der Waals surface area (Å²) in [5.41, 5.74) is 21.8. The summed E-state index contributed by atoms with van der Waals surface area (Å²) >= 11 is 11.3. The summed E-state index contributed by atoms with van der Waals surface area (Å²) in [6, 6.07) is 155. The predicted octanol–water partition coefficient (Wildman–Crippen LogP) is 38.2. The number of fused-ring (bicyclic) bond motifs is 45. The SMILES string of the molecule is c1ccc(-c2nc(-n3c4ccccc4c4c5sc6cc(-c7ccc(-c8nc(-n9c%10ccccc%10c%10c%11sc%12cc(-c%13ccc%14nc(-c%15cccc(-n%16c%17ccccc%17c%17c%18sc%19ccccc%19c%18c%18c(ccc%19sc%20ccccc%20c%19%18)c%17%16)c%15)n(-c%15ccccc%15)c%14c%13)ccc%12c%11c%11c(ccc%12sc%13ccccc%13c%12%11)c%109)nc9ccccc89)cc7)ccc6c5c5c(ccc6sc7ccccc7c65)c43)nc3ccccc23)cc1. The third-order valence-corrected chi connectivity index (χ3v) is 37.8. The van der Waals surface area contributed by atoms with Gasteiger partial charge in [-0.1, -0.05) is 297 Å². The number of rotatable bonds is 9. The molecule has 0 bridgehead atoms. The molecule has 0 atom stereocenters. The summed E-state index contributed by atoms with van der Waals surface area (Å²) in [5, 5.41) is 31.9. The first-order valence-corrected chi connectivity index (χ1v) is 54.1.